The first-order valence-electron chi connectivity index (χ1n) is 8.19. The smallest absolute Gasteiger partial charge is 0.343 e. The first kappa shape index (κ1) is 16.9. The molecule has 4 aromatic rings. The van der Waals surface area contributed by atoms with Crippen molar-refractivity contribution < 1.29 is 22.8 Å². The topological polar surface area (TPSA) is 52.3 Å². The molecule has 0 fully saturated rings. The Kier molecular flexibility index (Phi) is 4.38. The fourth-order valence-electron chi connectivity index (χ4n) is 2.76. The molecule has 0 atom stereocenters. The molecule has 1 heterocycles. The van der Waals surface area contributed by atoms with E-state index < -0.39 is 11.8 Å². The normalized spacial score (nSPS) is 10.9. The lowest BCUT2D eigenvalue weighted by Gasteiger charge is -2.04. The summed E-state index contributed by atoms with van der Waals surface area (Å²) in [6.07, 6.45) is 0.280. The standard InChI is InChI=1S/C21H13F2NO3/c22-15-6-3-5-14(10-15)21(25)26-16-8-9-17-19(24-27-20(17)12-16)11-13-4-1-2-7-18(13)23/h1-10,12H,11H2. The number of aromatic nitrogens is 1. The predicted octanol–water partition coefficient (Wildman–Crippen LogP) is 4.92. The van der Waals surface area contributed by atoms with Gasteiger partial charge in [0.1, 0.15) is 17.4 Å². The largest absolute Gasteiger partial charge is 0.423 e. The van der Waals surface area contributed by atoms with Crippen LogP contribution in [-0.4, -0.2) is 11.1 Å². The van der Waals surface area contributed by atoms with Crippen LogP contribution in [0.2, 0.25) is 0 Å². The summed E-state index contributed by atoms with van der Waals surface area (Å²) >= 11 is 0. The zero-order valence-corrected chi connectivity index (χ0v) is 14.0. The van der Waals surface area contributed by atoms with Crippen LogP contribution in [-0.2, 0) is 6.42 Å². The van der Waals surface area contributed by atoms with Crippen molar-refractivity contribution in [2.24, 2.45) is 0 Å². The van der Waals surface area contributed by atoms with Gasteiger partial charge in [-0.3, -0.25) is 0 Å². The number of halogens is 2. The van der Waals surface area contributed by atoms with Gasteiger partial charge < -0.3 is 9.26 Å². The van der Waals surface area contributed by atoms with Crippen LogP contribution in [0.1, 0.15) is 21.6 Å². The molecule has 1 aromatic heterocycles. The number of rotatable bonds is 4. The number of carbonyl (C=O) groups excluding carboxylic acids is 1. The van der Waals surface area contributed by atoms with Crippen molar-refractivity contribution in [2.75, 3.05) is 0 Å². The Labute approximate surface area is 153 Å². The average Bonchev–Trinajstić information content (AvgIpc) is 3.06. The molecule has 0 radical (unpaired) electrons. The molecular weight excluding hydrogens is 352 g/mol. The van der Waals surface area contributed by atoms with Gasteiger partial charge in [0.15, 0.2) is 5.58 Å². The minimum absolute atomic E-state index is 0.105. The van der Waals surface area contributed by atoms with Crippen LogP contribution < -0.4 is 4.74 Å². The molecule has 0 saturated heterocycles. The Hall–Kier alpha value is -3.54. The van der Waals surface area contributed by atoms with E-state index in [1.54, 1.807) is 30.3 Å². The molecule has 0 spiro atoms. The summed E-state index contributed by atoms with van der Waals surface area (Å²) < 4.78 is 37.6. The lowest BCUT2D eigenvalue weighted by atomic mass is 10.1. The second kappa shape index (κ2) is 6.99. The third kappa shape index (κ3) is 3.55. The lowest BCUT2D eigenvalue weighted by molar-refractivity contribution is 0.0734. The Morgan fingerprint density at radius 1 is 1.00 bits per heavy atom. The van der Waals surface area contributed by atoms with Crippen molar-refractivity contribution in [1.29, 1.82) is 0 Å². The van der Waals surface area contributed by atoms with Gasteiger partial charge in [0, 0.05) is 17.9 Å². The molecule has 3 aromatic carbocycles. The molecule has 27 heavy (non-hydrogen) atoms. The average molecular weight is 365 g/mol. The first-order chi connectivity index (χ1) is 13.1. The number of ether oxygens (including phenoxy) is 1. The number of esters is 1. The summed E-state index contributed by atoms with van der Waals surface area (Å²) in [5.74, 6) is -1.27. The molecule has 0 N–H and O–H groups in total. The van der Waals surface area contributed by atoms with Crippen LogP contribution >= 0.6 is 0 Å². The van der Waals surface area contributed by atoms with Gasteiger partial charge in [-0.25, -0.2) is 13.6 Å². The van der Waals surface area contributed by atoms with Gasteiger partial charge in [0.25, 0.3) is 0 Å². The fraction of sp³-hybridized carbons (Fsp3) is 0.0476. The Morgan fingerprint density at radius 3 is 2.67 bits per heavy atom. The van der Waals surface area contributed by atoms with Crippen LogP contribution in [0.4, 0.5) is 8.78 Å². The lowest BCUT2D eigenvalue weighted by Crippen LogP contribution is -2.08. The molecule has 0 amide bonds. The highest BCUT2D eigenvalue weighted by Gasteiger charge is 2.14. The number of carbonyl (C=O) groups is 1. The summed E-state index contributed by atoms with van der Waals surface area (Å²) in [6.45, 7) is 0. The number of benzene rings is 3. The summed E-state index contributed by atoms with van der Waals surface area (Å²) in [4.78, 5) is 12.1. The summed E-state index contributed by atoms with van der Waals surface area (Å²) in [6, 6.07) is 16.5. The Balaban J connectivity index is 1.57. The first-order valence-corrected chi connectivity index (χ1v) is 8.19. The maximum Gasteiger partial charge on any atom is 0.343 e. The van der Waals surface area contributed by atoms with Gasteiger partial charge in [-0.05, 0) is 42.0 Å². The minimum atomic E-state index is -0.681. The van der Waals surface area contributed by atoms with Crippen LogP contribution in [0.25, 0.3) is 11.0 Å². The van der Waals surface area contributed by atoms with Crippen LogP contribution in [0.3, 0.4) is 0 Å². The minimum Gasteiger partial charge on any atom is -0.423 e. The van der Waals surface area contributed by atoms with Gasteiger partial charge in [0.05, 0.1) is 11.3 Å². The fourth-order valence-corrected chi connectivity index (χ4v) is 2.76. The third-order valence-corrected chi connectivity index (χ3v) is 4.10. The van der Waals surface area contributed by atoms with Gasteiger partial charge >= 0.3 is 5.97 Å². The molecule has 0 aliphatic carbocycles. The van der Waals surface area contributed by atoms with Crippen molar-refractivity contribution in [2.45, 2.75) is 6.42 Å². The van der Waals surface area contributed by atoms with Crippen LogP contribution in [0.5, 0.6) is 5.75 Å². The van der Waals surface area contributed by atoms with E-state index in [2.05, 4.69) is 5.16 Å². The van der Waals surface area contributed by atoms with Crippen molar-refractivity contribution >= 4 is 16.9 Å². The summed E-state index contributed by atoms with van der Waals surface area (Å²) in [5.41, 5.74) is 1.60. The van der Waals surface area contributed by atoms with E-state index >= 15 is 0 Å². The molecule has 0 unspecified atom stereocenters. The van der Waals surface area contributed by atoms with E-state index in [-0.39, 0.29) is 23.6 Å². The van der Waals surface area contributed by atoms with Crippen molar-refractivity contribution in [3.63, 3.8) is 0 Å². The number of hydrogen-bond donors (Lipinski definition) is 0. The highest BCUT2D eigenvalue weighted by Crippen LogP contribution is 2.26. The third-order valence-electron chi connectivity index (χ3n) is 4.10. The van der Waals surface area contributed by atoms with Gasteiger partial charge in [0.2, 0.25) is 0 Å². The second-order valence-corrected chi connectivity index (χ2v) is 5.96. The molecule has 0 saturated carbocycles. The SMILES string of the molecule is O=C(Oc1ccc2c(Cc3ccccc3F)noc2c1)c1cccc(F)c1. The van der Waals surface area contributed by atoms with E-state index in [1.165, 1.54) is 30.3 Å². The number of fused-ring (bicyclic) bond motifs is 1. The second-order valence-electron chi connectivity index (χ2n) is 5.96. The molecule has 4 nitrogen and oxygen atoms in total. The van der Waals surface area contributed by atoms with E-state index in [1.807, 2.05) is 0 Å². The molecule has 4 rings (SSSR count). The molecule has 0 aliphatic heterocycles. The molecule has 0 bridgehead atoms. The van der Waals surface area contributed by atoms with Gasteiger partial charge in [-0.1, -0.05) is 29.4 Å². The van der Waals surface area contributed by atoms with E-state index in [4.69, 9.17) is 9.26 Å². The Morgan fingerprint density at radius 2 is 1.85 bits per heavy atom. The molecule has 134 valence electrons. The highest BCUT2D eigenvalue weighted by molar-refractivity contribution is 5.91. The molecule has 6 heteroatoms. The van der Waals surface area contributed by atoms with Gasteiger partial charge in [-0.2, -0.15) is 0 Å². The zero-order chi connectivity index (χ0) is 18.8. The number of nitrogens with zero attached hydrogens (tertiary/aromatic N) is 1. The maximum atomic E-state index is 13.8. The maximum absolute atomic E-state index is 13.8. The van der Waals surface area contributed by atoms with Crippen LogP contribution in [0, 0.1) is 11.6 Å². The van der Waals surface area contributed by atoms with Gasteiger partial charge in [-0.15, -0.1) is 0 Å². The highest BCUT2D eigenvalue weighted by atomic mass is 19.1. The van der Waals surface area contributed by atoms with E-state index in [0.29, 0.717) is 22.2 Å². The number of hydrogen-bond acceptors (Lipinski definition) is 4. The summed E-state index contributed by atoms with van der Waals surface area (Å²) in [7, 11) is 0. The summed E-state index contributed by atoms with van der Waals surface area (Å²) in [5, 5.41) is 4.69. The van der Waals surface area contributed by atoms with E-state index in [0.717, 1.165) is 6.07 Å². The van der Waals surface area contributed by atoms with Crippen molar-refractivity contribution in [1.82, 2.24) is 5.16 Å². The quantitative estimate of drug-likeness (QED) is 0.381. The monoisotopic (exact) mass is 365 g/mol. The van der Waals surface area contributed by atoms with Crippen LogP contribution in [0.15, 0.2) is 71.3 Å². The molecule has 0 aliphatic rings. The Bertz CT molecular complexity index is 1140. The van der Waals surface area contributed by atoms with Crippen molar-refractivity contribution in [3.8, 4) is 5.75 Å². The zero-order valence-electron chi connectivity index (χ0n) is 14.0. The van der Waals surface area contributed by atoms with E-state index in [9.17, 15) is 13.6 Å². The molecular formula is C21H13F2NO3. The van der Waals surface area contributed by atoms with Crippen molar-refractivity contribution in [3.05, 3.63) is 95.2 Å². The predicted molar refractivity (Wildman–Crippen MR) is 94.6 cm³/mol.